The highest BCUT2D eigenvalue weighted by Crippen LogP contribution is 2.44. The highest BCUT2D eigenvalue weighted by molar-refractivity contribution is 5.79. The van der Waals surface area contributed by atoms with E-state index in [9.17, 15) is 14.4 Å². The molecule has 1 atom stereocenters. The van der Waals surface area contributed by atoms with Gasteiger partial charge in [-0.25, -0.2) is 9.59 Å². The van der Waals surface area contributed by atoms with Crippen molar-refractivity contribution in [2.45, 2.75) is 12.0 Å². The molecule has 1 aliphatic carbocycles. The van der Waals surface area contributed by atoms with Gasteiger partial charge in [-0.2, -0.15) is 0 Å². The van der Waals surface area contributed by atoms with E-state index in [1.807, 2.05) is 36.4 Å². The number of methoxy groups -OCH3 is 1. The number of rotatable bonds is 11. The first-order valence-corrected chi connectivity index (χ1v) is 10.2. The first-order valence-electron chi connectivity index (χ1n) is 10.2. The number of carboxylic acids is 1. The molecule has 2 aromatic carbocycles. The number of carbonyl (C=O) groups is 3. The number of hydrogen-bond acceptors (Lipinski definition) is 6. The van der Waals surface area contributed by atoms with Gasteiger partial charge in [0.15, 0.2) is 6.10 Å². The van der Waals surface area contributed by atoms with Crippen LogP contribution >= 0.6 is 0 Å². The van der Waals surface area contributed by atoms with Crippen molar-refractivity contribution in [2.75, 3.05) is 40.0 Å². The van der Waals surface area contributed by atoms with E-state index in [2.05, 4.69) is 22.8 Å². The van der Waals surface area contributed by atoms with Gasteiger partial charge in [-0.3, -0.25) is 4.79 Å². The van der Waals surface area contributed by atoms with Gasteiger partial charge in [0.05, 0.1) is 13.2 Å². The fraction of sp³-hybridized carbons (Fsp3) is 0.348. The van der Waals surface area contributed by atoms with Crippen LogP contribution < -0.4 is 10.6 Å². The van der Waals surface area contributed by atoms with Crippen LogP contribution in [-0.2, 0) is 23.8 Å². The maximum Gasteiger partial charge on any atom is 0.407 e. The minimum absolute atomic E-state index is 0.0187. The highest BCUT2D eigenvalue weighted by Gasteiger charge is 2.28. The maximum atomic E-state index is 12.1. The van der Waals surface area contributed by atoms with Crippen LogP contribution in [0.1, 0.15) is 17.0 Å². The number of aliphatic carboxylic acids is 1. The van der Waals surface area contributed by atoms with Gasteiger partial charge >= 0.3 is 12.1 Å². The third-order valence-corrected chi connectivity index (χ3v) is 5.14. The number of benzene rings is 2. The topological polar surface area (TPSA) is 123 Å². The Labute approximate surface area is 185 Å². The van der Waals surface area contributed by atoms with E-state index in [0.29, 0.717) is 0 Å². The Morgan fingerprint density at radius 2 is 1.62 bits per heavy atom. The predicted octanol–water partition coefficient (Wildman–Crippen LogP) is 1.76. The summed E-state index contributed by atoms with van der Waals surface area (Å²) in [6, 6.07) is 16.2. The molecule has 3 N–H and O–H groups in total. The van der Waals surface area contributed by atoms with Crippen LogP contribution in [0.4, 0.5) is 4.79 Å². The summed E-state index contributed by atoms with van der Waals surface area (Å²) in [6.45, 7) is 0.0614. The Bertz CT molecular complexity index is 917. The van der Waals surface area contributed by atoms with Crippen molar-refractivity contribution in [1.82, 2.24) is 10.6 Å². The van der Waals surface area contributed by atoms with Crippen molar-refractivity contribution in [3.8, 4) is 11.1 Å². The van der Waals surface area contributed by atoms with Gasteiger partial charge in [-0.05, 0) is 22.3 Å². The third-order valence-electron chi connectivity index (χ3n) is 5.14. The highest BCUT2D eigenvalue weighted by atomic mass is 16.5. The standard InChI is InChI=1S/C23H26N2O7/c1-30-20(22(27)28)12-25-21(26)14-31-11-10-24-23(29)32-13-19-17-8-4-2-6-15(17)16-7-3-5-9-18(16)19/h2-9,19-20H,10-14H2,1H3,(H,24,29)(H,25,26)(H,27,28). The molecule has 9 nitrogen and oxygen atoms in total. The second-order valence-corrected chi connectivity index (χ2v) is 7.17. The summed E-state index contributed by atoms with van der Waals surface area (Å²) in [4.78, 5) is 34.5. The van der Waals surface area contributed by atoms with Gasteiger partial charge in [-0.1, -0.05) is 48.5 Å². The summed E-state index contributed by atoms with van der Waals surface area (Å²) in [5.74, 6) is -1.66. The van der Waals surface area contributed by atoms with Crippen LogP contribution in [0.5, 0.6) is 0 Å². The molecule has 170 valence electrons. The number of ether oxygens (including phenoxy) is 3. The number of carbonyl (C=O) groups excluding carboxylic acids is 2. The minimum Gasteiger partial charge on any atom is -0.479 e. The van der Waals surface area contributed by atoms with Crippen LogP contribution in [0, 0.1) is 0 Å². The zero-order chi connectivity index (χ0) is 22.9. The van der Waals surface area contributed by atoms with Crippen LogP contribution in [0.2, 0.25) is 0 Å². The molecule has 0 aromatic heterocycles. The van der Waals surface area contributed by atoms with E-state index in [1.165, 1.54) is 7.11 Å². The van der Waals surface area contributed by atoms with Crippen molar-refractivity contribution in [3.05, 3.63) is 59.7 Å². The molecule has 0 saturated carbocycles. The zero-order valence-electron chi connectivity index (χ0n) is 17.7. The molecule has 0 heterocycles. The van der Waals surface area contributed by atoms with E-state index < -0.39 is 24.1 Å². The number of carboxylic acid groups (broad SMARTS) is 1. The summed E-state index contributed by atoms with van der Waals surface area (Å²) >= 11 is 0. The molecule has 0 spiro atoms. The lowest BCUT2D eigenvalue weighted by Gasteiger charge is -2.14. The smallest absolute Gasteiger partial charge is 0.407 e. The van der Waals surface area contributed by atoms with Crippen molar-refractivity contribution >= 4 is 18.0 Å². The fourth-order valence-corrected chi connectivity index (χ4v) is 3.57. The monoisotopic (exact) mass is 442 g/mol. The molecular weight excluding hydrogens is 416 g/mol. The molecule has 9 heteroatoms. The molecule has 1 unspecified atom stereocenters. The number of amides is 2. The first kappa shape index (κ1) is 23.2. The Balaban J connectivity index is 1.35. The zero-order valence-corrected chi connectivity index (χ0v) is 17.7. The lowest BCUT2D eigenvalue weighted by molar-refractivity contribution is -0.148. The third kappa shape index (κ3) is 5.83. The summed E-state index contributed by atoms with van der Waals surface area (Å²) in [5, 5.41) is 13.8. The maximum absolute atomic E-state index is 12.1. The normalized spacial score (nSPS) is 13.0. The molecular formula is C23H26N2O7. The van der Waals surface area contributed by atoms with Crippen LogP contribution in [0.3, 0.4) is 0 Å². The molecule has 2 aromatic rings. The van der Waals surface area contributed by atoms with Gasteiger partial charge in [-0.15, -0.1) is 0 Å². The average Bonchev–Trinajstić information content (AvgIpc) is 3.11. The SMILES string of the molecule is COC(CNC(=O)COCCNC(=O)OCC1c2ccccc2-c2ccccc21)C(=O)O. The van der Waals surface area contributed by atoms with Gasteiger partial charge in [0, 0.05) is 19.6 Å². The quantitative estimate of drug-likeness (QED) is 0.453. The minimum atomic E-state index is -1.17. The fourth-order valence-electron chi connectivity index (χ4n) is 3.57. The molecule has 0 saturated heterocycles. The Kier molecular flexibility index (Phi) is 8.18. The van der Waals surface area contributed by atoms with Crippen molar-refractivity contribution in [3.63, 3.8) is 0 Å². The Morgan fingerprint density at radius 3 is 2.22 bits per heavy atom. The lowest BCUT2D eigenvalue weighted by Crippen LogP contribution is -2.39. The van der Waals surface area contributed by atoms with Crippen molar-refractivity contribution < 1.29 is 33.7 Å². The molecule has 1 aliphatic rings. The number of alkyl carbamates (subject to hydrolysis) is 1. The van der Waals surface area contributed by atoms with E-state index in [1.54, 1.807) is 0 Å². The number of hydrogen-bond donors (Lipinski definition) is 3. The molecule has 0 fully saturated rings. The molecule has 32 heavy (non-hydrogen) atoms. The second-order valence-electron chi connectivity index (χ2n) is 7.17. The first-order chi connectivity index (χ1) is 15.5. The van der Waals surface area contributed by atoms with Crippen LogP contribution in [0.15, 0.2) is 48.5 Å². The predicted molar refractivity (Wildman–Crippen MR) is 115 cm³/mol. The summed E-state index contributed by atoms with van der Waals surface area (Å²) in [6.07, 6.45) is -1.68. The van der Waals surface area contributed by atoms with Gasteiger partial charge in [0.2, 0.25) is 5.91 Å². The van der Waals surface area contributed by atoms with Crippen molar-refractivity contribution in [2.24, 2.45) is 0 Å². The van der Waals surface area contributed by atoms with Crippen LogP contribution in [-0.4, -0.2) is 69.2 Å². The number of nitrogens with one attached hydrogen (secondary N) is 2. The molecule has 0 bridgehead atoms. The molecule has 3 rings (SSSR count). The number of fused-ring (bicyclic) bond motifs is 3. The van der Waals surface area contributed by atoms with Gasteiger partial charge in [0.25, 0.3) is 0 Å². The largest absolute Gasteiger partial charge is 0.479 e. The van der Waals surface area contributed by atoms with E-state index in [-0.39, 0.29) is 38.8 Å². The van der Waals surface area contributed by atoms with E-state index >= 15 is 0 Å². The molecule has 0 radical (unpaired) electrons. The van der Waals surface area contributed by atoms with Gasteiger partial charge in [0.1, 0.15) is 13.2 Å². The summed E-state index contributed by atoms with van der Waals surface area (Å²) in [5.41, 5.74) is 4.58. The Morgan fingerprint density at radius 1 is 1.00 bits per heavy atom. The van der Waals surface area contributed by atoms with E-state index in [0.717, 1.165) is 22.3 Å². The average molecular weight is 442 g/mol. The summed E-state index contributed by atoms with van der Waals surface area (Å²) < 4.78 is 15.3. The second kappa shape index (κ2) is 11.3. The lowest BCUT2D eigenvalue weighted by atomic mass is 9.98. The Hall–Kier alpha value is -3.43. The van der Waals surface area contributed by atoms with E-state index in [4.69, 9.17) is 19.3 Å². The molecule has 0 aliphatic heterocycles. The van der Waals surface area contributed by atoms with Crippen molar-refractivity contribution in [1.29, 1.82) is 0 Å². The summed E-state index contributed by atoms with van der Waals surface area (Å²) in [7, 11) is 1.25. The van der Waals surface area contributed by atoms with Crippen LogP contribution in [0.25, 0.3) is 11.1 Å². The van der Waals surface area contributed by atoms with Gasteiger partial charge < -0.3 is 30.0 Å². The molecule has 2 amide bonds.